The van der Waals surface area contributed by atoms with Crippen molar-refractivity contribution in [2.45, 2.75) is 328 Å². The largest absolute Gasteiger partial charge is 0.472 e. The summed E-state index contributed by atoms with van der Waals surface area (Å²) in [5.74, 6) is -0.887. The number of ether oxygens (including phenoxy) is 2. The van der Waals surface area contributed by atoms with E-state index in [0.717, 1.165) is 57.8 Å². The van der Waals surface area contributed by atoms with Gasteiger partial charge in [0.25, 0.3) is 0 Å². The van der Waals surface area contributed by atoms with Crippen LogP contribution in [0.4, 0.5) is 0 Å². The second kappa shape index (κ2) is 63.0. The molecule has 2 atom stereocenters. The molecule has 0 saturated carbocycles. The molecule has 0 aromatic heterocycles. The molecule has 0 saturated heterocycles. The summed E-state index contributed by atoms with van der Waals surface area (Å²) in [4.78, 5) is 35.7. The first-order valence-corrected chi connectivity index (χ1v) is 36.2. The third-order valence-corrected chi connectivity index (χ3v) is 16.2. The first-order chi connectivity index (χ1) is 40.0. The lowest BCUT2D eigenvalue weighted by atomic mass is 10.0. The number of hydrogen-bond donors (Lipinski definition) is 1. The Morgan fingerprint density at radius 2 is 0.695 bits per heavy atom. The smallest absolute Gasteiger partial charge is 0.462 e. The molecule has 478 valence electrons. The molecule has 0 rings (SSSR count). The molecule has 10 heteroatoms. The molecule has 1 N–H and O–H groups in total. The van der Waals surface area contributed by atoms with Crippen LogP contribution < -0.4 is 0 Å². The zero-order valence-electron chi connectivity index (χ0n) is 54.5. The summed E-state index contributed by atoms with van der Waals surface area (Å²) in [5, 5.41) is 0. The highest BCUT2D eigenvalue weighted by Gasteiger charge is 2.27. The van der Waals surface area contributed by atoms with Crippen molar-refractivity contribution in [1.29, 1.82) is 0 Å². The Balaban J connectivity index is 3.94. The van der Waals surface area contributed by atoms with Gasteiger partial charge in [-0.2, -0.15) is 0 Å². The maximum atomic E-state index is 12.8. The van der Waals surface area contributed by atoms with Crippen molar-refractivity contribution in [3.8, 4) is 0 Å². The van der Waals surface area contributed by atoms with Gasteiger partial charge in [-0.05, 0) is 51.4 Å². The molecule has 0 heterocycles. The van der Waals surface area contributed by atoms with Gasteiger partial charge in [-0.1, -0.05) is 331 Å². The van der Waals surface area contributed by atoms with Gasteiger partial charge < -0.3 is 18.9 Å². The van der Waals surface area contributed by atoms with Crippen LogP contribution in [0.3, 0.4) is 0 Å². The summed E-state index contributed by atoms with van der Waals surface area (Å²) < 4.78 is 34.5. The Hall–Kier alpha value is -2.55. The topological polar surface area (TPSA) is 108 Å². The van der Waals surface area contributed by atoms with Gasteiger partial charge >= 0.3 is 19.8 Å². The molecule has 0 aliphatic heterocycles. The van der Waals surface area contributed by atoms with Crippen LogP contribution in [0.2, 0.25) is 0 Å². The first kappa shape index (κ1) is 79.5. The van der Waals surface area contributed by atoms with E-state index in [2.05, 4.69) is 74.6 Å². The third kappa shape index (κ3) is 66.6. The second-order valence-corrected chi connectivity index (χ2v) is 26.0. The van der Waals surface area contributed by atoms with E-state index in [1.807, 2.05) is 33.3 Å². The number of rotatable bonds is 64. The molecular weight excluding hydrogens is 1040 g/mol. The van der Waals surface area contributed by atoms with Crippen molar-refractivity contribution in [2.24, 2.45) is 0 Å². The molecule has 2 unspecified atom stereocenters. The lowest BCUT2D eigenvalue weighted by Gasteiger charge is -2.24. The Bertz CT molecular complexity index is 1610. The number of hydrogen-bond acceptors (Lipinski definition) is 7. The van der Waals surface area contributed by atoms with Gasteiger partial charge in [0.15, 0.2) is 6.10 Å². The van der Waals surface area contributed by atoms with E-state index in [0.29, 0.717) is 17.4 Å². The summed E-state index contributed by atoms with van der Waals surface area (Å²) in [7, 11) is 1.43. The average molecular weight is 1170 g/mol. The summed E-state index contributed by atoms with van der Waals surface area (Å²) in [6.07, 6.45) is 84.9. The van der Waals surface area contributed by atoms with E-state index in [1.165, 1.54) is 231 Å². The van der Waals surface area contributed by atoms with E-state index < -0.39 is 26.5 Å². The monoisotopic (exact) mass is 1170 g/mol. The van der Waals surface area contributed by atoms with Crippen LogP contribution in [0.15, 0.2) is 72.9 Å². The number of nitrogens with zero attached hydrogens (tertiary/aromatic N) is 1. The predicted molar refractivity (Wildman–Crippen MR) is 353 cm³/mol. The van der Waals surface area contributed by atoms with E-state index in [9.17, 15) is 19.0 Å². The minimum atomic E-state index is -4.41. The SMILES string of the molecule is CC/C=C\C/C=C\C/C=C\C/C=C\C/C=C\C/C=C\CCC(=O)OC(COC(=O)CCCCCCCCCCCCCCCCCCCCCCCCCCCCCCCCCCCCCCCCC)COP(=O)(O)OCC[N+](C)(C)C. The molecule has 0 aromatic carbocycles. The van der Waals surface area contributed by atoms with Gasteiger partial charge in [-0.25, -0.2) is 4.57 Å². The van der Waals surface area contributed by atoms with Gasteiger partial charge in [0.1, 0.15) is 19.8 Å². The quantitative estimate of drug-likeness (QED) is 0.0211. The van der Waals surface area contributed by atoms with Crippen LogP contribution in [0.25, 0.3) is 0 Å². The van der Waals surface area contributed by atoms with Gasteiger partial charge in [0.05, 0.1) is 27.7 Å². The lowest BCUT2D eigenvalue weighted by Crippen LogP contribution is -2.37. The lowest BCUT2D eigenvalue weighted by molar-refractivity contribution is -0.870. The minimum absolute atomic E-state index is 0.0163. The zero-order chi connectivity index (χ0) is 59.8. The van der Waals surface area contributed by atoms with E-state index in [4.69, 9.17) is 18.5 Å². The van der Waals surface area contributed by atoms with Gasteiger partial charge in [-0.15, -0.1) is 0 Å². The second-order valence-electron chi connectivity index (χ2n) is 24.5. The van der Waals surface area contributed by atoms with Crippen molar-refractivity contribution in [2.75, 3.05) is 47.5 Å². The molecule has 0 aliphatic rings. The maximum Gasteiger partial charge on any atom is 0.472 e. The minimum Gasteiger partial charge on any atom is -0.462 e. The zero-order valence-corrected chi connectivity index (χ0v) is 55.4. The van der Waals surface area contributed by atoms with Crippen molar-refractivity contribution < 1.29 is 42.1 Å². The Morgan fingerprint density at radius 3 is 1.01 bits per heavy atom. The third-order valence-electron chi connectivity index (χ3n) is 15.3. The van der Waals surface area contributed by atoms with Crippen molar-refractivity contribution in [1.82, 2.24) is 0 Å². The number of allylic oxidation sites excluding steroid dienone is 12. The highest BCUT2D eigenvalue weighted by atomic mass is 31.2. The van der Waals surface area contributed by atoms with Crippen molar-refractivity contribution in [3.05, 3.63) is 72.9 Å². The fraction of sp³-hybridized carbons (Fsp3) is 0.806. The van der Waals surface area contributed by atoms with Crippen LogP contribution in [-0.2, 0) is 32.7 Å². The van der Waals surface area contributed by atoms with Gasteiger partial charge in [-0.3, -0.25) is 18.6 Å². The summed E-state index contributed by atoms with van der Waals surface area (Å²) in [6, 6.07) is 0. The molecule has 0 amide bonds. The number of unbranched alkanes of at least 4 members (excludes halogenated alkanes) is 38. The van der Waals surface area contributed by atoms with E-state index >= 15 is 0 Å². The maximum absolute atomic E-state index is 12.8. The summed E-state index contributed by atoms with van der Waals surface area (Å²) in [6.45, 7) is 4.27. The van der Waals surface area contributed by atoms with Crippen molar-refractivity contribution in [3.63, 3.8) is 0 Å². The predicted octanol–water partition coefficient (Wildman–Crippen LogP) is 22.4. The van der Waals surface area contributed by atoms with Crippen LogP contribution in [0, 0.1) is 0 Å². The summed E-state index contributed by atoms with van der Waals surface area (Å²) in [5.41, 5.74) is 0. The molecule has 0 spiro atoms. The number of likely N-dealkylation sites (N-methyl/N-ethyl adjacent to an activating group) is 1. The number of carbonyl (C=O) groups is 2. The van der Waals surface area contributed by atoms with Crippen LogP contribution in [0.5, 0.6) is 0 Å². The van der Waals surface area contributed by atoms with Crippen molar-refractivity contribution >= 4 is 19.8 Å². The normalized spacial score (nSPS) is 13.6. The molecule has 0 aromatic rings. The van der Waals surface area contributed by atoms with Gasteiger partial charge in [0.2, 0.25) is 0 Å². The molecule has 0 fully saturated rings. The highest BCUT2D eigenvalue weighted by Crippen LogP contribution is 2.43. The van der Waals surface area contributed by atoms with Crippen LogP contribution in [0.1, 0.15) is 322 Å². The van der Waals surface area contributed by atoms with E-state index in [-0.39, 0.29) is 32.0 Å². The molecule has 0 bridgehead atoms. The fourth-order valence-electron chi connectivity index (χ4n) is 9.99. The number of quaternary nitrogens is 1. The standard InChI is InChI=1S/C72H132NO8P/c1-6-8-10-12-14-16-18-20-22-24-26-27-28-29-30-31-32-33-34-35-36-37-38-39-40-41-42-43-44-45-47-48-50-52-54-56-58-60-62-64-71(74)78-68-70(69-80-82(76,77)79-67-66-73(3,4)5)81-72(75)65-63-61-59-57-55-53-51-49-46-25-23-21-19-17-15-13-11-9-7-2/h9,11,15,17,21,23,46,49,53,55,59,61,70H,6-8,10,12-14,16,18-20,22,24-45,47-48,50-52,54,56-58,60,62-69H2,1-5H3/p+1/b11-9-,17-15-,23-21-,49-46-,55-53-,61-59-. The number of esters is 2. The highest BCUT2D eigenvalue weighted by molar-refractivity contribution is 7.47. The number of phosphoric acid groups is 1. The number of carbonyl (C=O) groups excluding carboxylic acids is 2. The van der Waals surface area contributed by atoms with Crippen LogP contribution in [-0.4, -0.2) is 74.9 Å². The van der Waals surface area contributed by atoms with Gasteiger partial charge in [0, 0.05) is 12.8 Å². The molecule has 0 radical (unpaired) electrons. The molecule has 9 nitrogen and oxygen atoms in total. The van der Waals surface area contributed by atoms with E-state index in [1.54, 1.807) is 0 Å². The first-order valence-electron chi connectivity index (χ1n) is 34.7. The van der Waals surface area contributed by atoms with Crippen LogP contribution >= 0.6 is 7.82 Å². The number of phosphoric ester groups is 1. The molecule has 0 aliphatic carbocycles. The summed E-state index contributed by atoms with van der Waals surface area (Å²) >= 11 is 0. The average Bonchev–Trinajstić information content (AvgIpc) is 3.46. The molecule has 82 heavy (non-hydrogen) atoms. The Morgan fingerprint density at radius 1 is 0.390 bits per heavy atom. The fourth-order valence-corrected chi connectivity index (χ4v) is 10.7. The molecular formula is C72H133NO8P+. The Kier molecular flexibility index (Phi) is 61.0. The Labute approximate surface area is 508 Å².